The average Bonchev–Trinajstić information content (AvgIpc) is 2.05. The van der Waals surface area contributed by atoms with Crippen molar-refractivity contribution in [3.63, 3.8) is 0 Å². The third kappa shape index (κ3) is 1.65. The minimum Gasteiger partial charge on any atom is -0.325 e. The fraction of sp³-hybridized carbons (Fsp3) is 0.143. The van der Waals surface area contributed by atoms with Gasteiger partial charge in [0.15, 0.2) is 0 Å². The lowest BCUT2D eigenvalue weighted by Gasteiger charge is -2.04. The quantitative estimate of drug-likeness (QED) is 0.487. The van der Waals surface area contributed by atoms with Crippen LogP contribution in [0.2, 0.25) is 0 Å². The summed E-state index contributed by atoms with van der Waals surface area (Å²) in [5, 5.41) is 0. The van der Waals surface area contributed by atoms with Gasteiger partial charge in [-0.3, -0.25) is 0 Å². The highest BCUT2D eigenvalue weighted by atomic mass is 28.3. The smallest absolute Gasteiger partial charge is 0.237 e. The Morgan fingerprint density at radius 3 is 2.60 bits per heavy atom. The van der Waals surface area contributed by atoms with Gasteiger partial charge >= 0.3 is 0 Å². The van der Waals surface area contributed by atoms with Gasteiger partial charge in [0, 0.05) is 5.67 Å². The van der Waals surface area contributed by atoms with Gasteiger partial charge in [-0.2, -0.15) is 0 Å². The first-order valence-electron chi connectivity index (χ1n) is 3.12. The number of rotatable bonds is 2. The molecule has 53 valence electrons. The standard InChI is InChI=1S/C7H9FNSi/c8-10-7(9)6-4-2-1-3-5-6/h2-5,7H,9-10H2. The SMILES string of the molecule is NC([SiH2]F)c1cc[c]cc1. The second-order valence-corrected chi connectivity index (χ2v) is 3.28. The molecule has 0 spiro atoms. The largest absolute Gasteiger partial charge is 0.325 e. The number of benzene rings is 1. The first-order valence-corrected chi connectivity index (χ1v) is 4.47. The summed E-state index contributed by atoms with van der Waals surface area (Å²) in [4.78, 5) is 0. The maximum atomic E-state index is 12.1. The van der Waals surface area contributed by atoms with Crippen LogP contribution >= 0.6 is 0 Å². The third-order valence-electron chi connectivity index (χ3n) is 1.34. The Bertz CT molecular complexity index is 190. The minimum atomic E-state index is -1.60. The number of hydrogen-bond acceptors (Lipinski definition) is 1. The summed E-state index contributed by atoms with van der Waals surface area (Å²) in [5.74, 6) is 0. The van der Waals surface area contributed by atoms with Crippen LogP contribution in [-0.4, -0.2) is 9.85 Å². The second-order valence-electron chi connectivity index (χ2n) is 2.09. The van der Waals surface area contributed by atoms with Crippen molar-refractivity contribution < 1.29 is 4.11 Å². The van der Waals surface area contributed by atoms with Gasteiger partial charge in [0.05, 0.1) is 0 Å². The van der Waals surface area contributed by atoms with Gasteiger partial charge in [0.25, 0.3) is 0 Å². The minimum absolute atomic E-state index is 0.338. The van der Waals surface area contributed by atoms with Crippen molar-refractivity contribution in [2.75, 3.05) is 0 Å². The fourth-order valence-electron chi connectivity index (χ4n) is 0.736. The van der Waals surface area contributed by atoms with Crippen molar-refractivity contribution in [3.8, 4) is 0 Å². The van der Waals surface area contributed by atoms with Crippen LogP contribution in [0.3, 0.4) is 0 Å². The Kier molecular flexibility index (Phi) is 2.59. The van der Waals surface area contributed by atoms with Gasteiger partial charge < -0.3 is 9.84 Å². The van der Waals surface area contributed by atoms with Gasteiger partial charge in [0.1, 0.15) is 0 Å². The highest BCUT2D eigenvalue weighted by molar-refractivity contribution is 6.28. The number of hydrogen-bond donors (Lipinski definition) is 1. The molecule has 10 heavy (non-hydrogen) atoms. The van der Waals surface area contributed by atoms with E-state index in [2.05, 4.69) is 6.07 Å². The topological polar surface area (TPSA) is 26.0 Å². The van der Waals surface area contributed by atoms with E-state index in [9.17, 15) is 4.11 Å². The summed E-state index contributed by atoms with van der Waals surface area (Å²) in [6.07, 6.45) is 0. The van der Waals surface area contributed by atoms with E-state index in [1.54, 1.807) is 24.3 Å². The molecule has 0 heterocycles. The Labute approximate surface area is 62.1 Å². The summed E-state index contributed by atoms with van der Waals surface area (Å²) in [5.41, 5.74) is 6.01. The van der Waals surface area contributed by atoms with E-state index in [0.29, 0.717) is 0 Å². The van der Waals surface area contributed by atoms with Crippen molar-refractivity contribution in [2.24, 2.45) is 5.73 Å². The second kappa shape index (κ2) is 3.48. The summed E-state index contributed by atoms with van der Waals surface area (Å²) >= 11 is 0. The van der Waals surface area contributed by atoms with E-state index in [1.807, 2.05) is 0 Å². The lowest BCUT2D eigenvalue weighted by atomic mass is 10.2. The summed E-state index contributed by atoms with van der Waals surface area (Å²) < 4.78 is 12.1. The summed E-state index contributed by atoms with van der Waals surface area (Å²) in [7, 11) is -1.60. The molecule has 1 aromatic rings. The molecule has 0 aromatic heterocycles. The van der Waals surface area contributed by atoms with Gasteiger partial charge in [-0.1, -0.05) is 24.3 Å². The molecule has 1 unspecified atom stereocenters. The molecule has 0 saturated heterocycles. The van der Waals surface area contributed by atoms with Crippen molar-refractivity contribution in [1.82, 2.24) is 0 Å². The zero-order valence-corrected chi connectivity index (χ0v) is 6.96. The molecule has 1 nitrogen and oxygen atoms in total. The molecular weight excluding hydrogens is 145 g/mol. The molecular formula is C7H9FNSi. The number of nitrogens with two attached hydrogens (primary N) is 1. The van der Waals surface area contributed by atoms with Crippen molar-refractivity contribution in [2.45, 2.75) is 5.67 Å². The van der Waals surface area contributed by atoms with E-state index in [0.717, 1.165) is 5.56 Å². The van der Waals surface area contributed by atoms with Crippen LogP contribution in [-0.2, 0) is 0 Å². The van der Waals surface area contributed by atoms with Crippen LogP contribution in [0.4, 0.5) is 4.11 Å². The third-order valence-corrected chi connectivity index (χ3v) is 2.14. The highest BCUT2D eigenvalue weighted by Gasteiger charge is 2.03. The lowest BCUT2D eigenvalue weighted by Crippen LogP contribution is -2.14. The van der Waals surface area contributed by atoms with Crippen LogP contribution in [0.25, 0.3) is 0 Å². The van der Waals surface area contributed by atoms with Crippen molar-refractivity contribution >= 4 is 9.85 Å². The Morgan fingerprint density at radius 1 is 1.50 bits per heavy atom. The molecule has 3 heteroatoms. The molecule has 0 bridgehead atoms. The van der Waals surface area contributed by atoms with Gasteiger partial charge in [0.2, 0.25) is 9.85 Å². The Hall–Kier alpha value is -0.673. The van der Waals surface area contributed by atoms with E-state index >= 15 is 0 Å². The van der Waals surface area contributed by atoms with Crippen molar-refractivity contribution in [1.29, 1.82) is 0 Å². The molecule has 0 saturated carbocycles. The molecule has 1 radical (unpaired) electrons. The van der Waals surface area contributed by atoms with Crippen LogP contribution < -0.4 is 5.73 Å². The van der Waals surface area contributed by atoms with Crippen molar-refractivity contribution in [3.05, 3.63) is 35.9 Å². The van der Waals surface area contributed by atoms with E-state index in [1.165, 1.54) is 0 Å². The molecule has 0 aliphatic heterocycles. The predicted octanol–water partition coefficient (Wildman–Crippen LogP) is 0.497. The lowest BCUT2D eigenvalue weighted by molar-refractivity contribution is 0.807. The van der Waals surface area contributed by atoms with Gasteiger partial charge in [-0.15, -0.1) is 0 Å². The van der Waals surface area contributed by atoms with Crippen LogP contribution in [0.15, 0.2) is 24.3 Å². The molecule has 2 N–H and O–H groups in total. The van der Waals surface area contributed by atoms with E-state index in [4.69, 9.17) is 5.73 Å². The van der Waals surface area contributed by atoms with Gasteiger partial charge in [-0.05, 0) is 11.6 Å². The molecule has 0 amide bonds. The Balaban J connectivity index is 2.75. The summed E-state index contributed by atoms with van der Waals surface area (Å²) in [6, 6.07) is 9.95. The van der Waals surface area contributed by atoms with E-state index < -0.39 is 9.85 Å². The first-order chi connectivity index (χ1) is 4.84. The van der Waals surface area contributed by atoms with Crippen LogP contribution in [0.1, 0.15) is 11.2 Å². The maximum Gasteiger partial charge on any atom is 0.237 e. The van der Waals surface area contributed by atoms with Crippen LogP contribution in [0, 0.1) is 6.07 Å². The zero-order valence-electron chi connectivity index (χ0n) is 5.55. The van der Waals surface area contributed by atoms with Crippen LogP contribution in [0.5, 0.6) is 0 Å². The Morgan fingerprint density at radius 2 is 2.10 bits per heavy atom. The van der Waals surface area contributed by atoms with E-state index in [-0.39, 0.29) is 5.67 Å². The molecule has 0 aliphatic carbocycles. The molecule has 1 atom stereocenters. The predicted molar refractivity (Wildman–Crippen MR) is 41.9 cm³/mol. The summed E-state index contributed by atoms with van der Waals surface area (Å²) in [6.45, 7) is 0. The molecule has 1 rings (SSSR count). The van der Waals surface area contributed by atoms with Gasteiger partial charge in [-0.25, -0.2) is 0 Å². The fourth-order valence-corrected chi connectivity index (χ4v) is 1.19. The number of halogens is 1. The molecule has 0 aliphatic rings. The molecule has 1 aromatic carbocycles. The monoisotopic (exact) mass is 154 g/mol. The molecule has 0 fully saturated rings. The normalized spacial score (nSPS) is 14.2. The zero-order chi connectivity index (χ0) is 7.40. The average molecular weight is 154 g/mol. The first kappa shape index (κ1) is 7.43. The maximum absolute atomic E-state index is 12.1. The highest BCUT2D eigenvalue weighted by Crippen LogP contribution is 2.06.